The highest BCUT2D eigenvalue weighted by molar-refractivity contribution is 5.95. The fraction of sp³-hybridized carbons (Fsp3) is 0.148. The third kappa shape index (κ3) is 4.83. The largest absolute Gasteiger partial charge is 0.453 e. The number of aryl methyl sites for hydroxylation is 1. The Balaban J connectivity index is 1.53. The zero-order chi connectivity index (χ0) is 23.5. The van der Waals surface area contributed by atoms with Crippen LogP contribution in [0.1, 0.15) is 28.8 Å². The standard InChI is InChI=1S/C27H24N4O3/c1-18-7-5-12-23(15-18)34-24-17-28-31(22-10-3-2-4-11-22)27(33)25(24)29-21-9-6-8-19(16-21)26(32)30-20-13-14-20/h2-12,15-17,20,29H,13-14H2,1H3,(H,30,32). The Morgan fingerprint density at radius 2 is 1.79 bits per heavy atom. The van der Waals surface area contributed by atoms with E-state index in [9.17, 15) is 9.59 Å². The van der Waals surface area contributed by atoms with Crippen LogP contribution in [0.15, 0.2) is 89.9 Å². The average Bonchev–Trinajstić information content (AvgIpc) is 3.66. The summed E-state index contributed by atoms with van der Waals surface area (Å²) in [7, 11) is 0. The summed E-state index contributed by atoms with van der Waals surface area (Å²) in [5.74, 6) is 0.758. The van der Waals surface area contributed by atoms with Gasteiger partial charge in [0.15, 0.2) is 11.4 Å². The van der Waals surface area contributed by atoms with Gasteiger partial charge in [-0.3, -0.25) is 9.59 Å². The van der Waals surface area contributed by atoms with Gasteiger partial charge in [0, 0.05) is 17.3 Å². The molecule has 34 heavy (non-hydrogen) atoms. The van der Waals surface area contributed by atoms with Gasteiger partial charge < -0.3 is 15.4 Å². The lowest BCUT2D eigenvalue weighted by atomic mass is 10.2. The number of nitrogens with one attached hydrogen (secondary N) is 2. The molecule has 1 aliphatic rings. The van der Waals surface area contributed by atoms with Gasteiger partial charge in [0.25, 0.3) is 11.5 Å². The number of amides is 1. The number of benzene rings is 3. The Morgan fingerprint density at radius 1 is 1.00 bits per heavy atom. The minimum Gasteiger partial charge on any atom is -0.453 e. The van der Waals surface area contributed by atoms with Gasteiger partial charge in [-0.1, -0.05) is 36.4 Å². The molecule has 1 amide bonds. The first kappa shape index (κ1) is 21.5. The second-order valence-electron chi connectivity index (χ2n) is 8.31. The summed E-state index contributed by atoms with van der Waals surface area (Å²) in [6.45, 7) is 1.97. The summed E-state index contributed by atoms with van der Waals surface area (Å²) in [6.07, 6.45) is 3.54. The molecule has 7 heteroatoms. The van der Waals surface area contributed by atoms with Crippen LogP contribution >= 0.6 is 0 Å². The van der Waals surface area contributed by atoms with Crippen molar-refractivity contribution in [1.82, 2.24) is 15.1 Å². The quantitative estimate of drug-likeness (QED) is 0.414. The Morgan fingerprint density at radius 3 is 2.56 bits per heavy atom. The molecule has 1 fully saturated rings. The van der Waals surface area contributed by atoms with Crippen molar-refractivity contribution in [2.75, 3.05) is 5.32 Å². The molecule has 0 atom stereocenters. The van der Waals surface area contributed by atoms with Crippen LogP contribution in [0.25, 0.3) is 5.69 Å². The lowest BCUT2D eigenvalue weighted by Crippen LogP contribution is -2.25. The highest BCUT2D eigenvalue weighted by Gasteiger charge is 2.24. The molecule has 0 radical (unpaired) electrons. The smallest absolute Gasteiger partial charge is 0.299 e. The van der Waals surface area contributed by atoms with Crippen LogP contribution in [0.3, 0.4) is 0 Å². The fourth-order valence-corrected chi connectivity index (χ4v) is 3.57. The monoisotopic (exact) mass is 452 g/mol. The average molecular weight is 453 g/mol. The van der Waals surface area contributed by atoms with Gasteiger partial charge in [-0.15, -0.1) is 0 Å². The minimum absolute atomic E-state index is 0.126. The van der Waals surface area contributed by atoms with Gasteiger partial charge in [-0.2, -0.15) is 9.78 Å². The number of carbonyl (C=O) groups is 1. The van der Waals surface area contributed by atoms with E-state index in [4.69, 9.17) is 4.74 Å². The van der Waals surface area contributed by atoms with E-state index in [1.54, 1.807) is 24.3 Å². The molecule has 7 nitrogen and oxygen atoms in total. The summed E-state index contributed by atoms with van der Waals surface area (Å²) in [4.78, 5) is 26.0. The molecule has 4 aromatic rings. The molecule has 1 heterocycles. The normalized spacial score (nSPS) is 12.7. The number of anilines is 2. The summed E-state index contributed by atoms with van der Waals surface area (Å²) < 4.78 is 7.37. The molecular formula is C27H24N4O3. The first-order chi connectivity index (χ1) is 16.6. The van der Waals surface area contributed by atoms with Crippen molar-refractivity contribution >= 4 is 17.3 Å². The van der Waals surface area contributed by atoms with Crippen LogP contribution in [0.2, 0.25) is 0 Å². The molecule has 5 rings (SSSR count). The number of ether oxygens (including phenoxy) is 1. The number of nitrogens with zero attached hydrogens (tertiary/aromatic N) is 2. The Labute approximate surface area is 197 Å². The molecule has 0 unspecified atom stereocenters. The van der Waals surface area contributed by atoms with Crippen molar-refractivity contribution < 1.29 is 9.53 Å². The lowest BCUT2D eigenvalue weighted by Gasteiger charge is -2.15. The minimum atomic E-state index is -0.371. The zero-order valence-corrected chi connectivity index (χ0v) is 18.7. The van der Waals surface area contributed by atoms with Crippen molar-refractivity contribution in [3.8, 4) is 17.2 Å². The third-order valence-corrected chi connectivity index (χ3v) is 5.47. The number of hydrogen-bond acceptors (Lipinski definition) is 5. The molecule has 1 aliphatic carbocycles. The van der Waals surface area contributed by atoms with Crippen LogP contribution in [0.4, 0.5) is 11.4 Å². The van der Waals surface area contributed by atoms with E-state index in [0.29, 0.717) is 22.7 Å². The van der Waals surface area contributed by atoms with Gasteiger partial charge in [-0.25, -0.2) is 0 Å². The first-order valence-corrected chi connectivity index (χ1v) is 11.2. The maximum absolute atomic E-state index is 13.5. The molecule has 0 saturated heterocycles. The van der Waals surface area contributed by atoms with Gasteiger partial charge in [0.2, 0.25) is 0 Å². The summed E-state index contributed by atoms with van der Waals surface area (Å²) in [5.41, 5.74) is 2.64. The Kier molecular flexibility index (Phi) is 5.82. The van der Waals surface area contributed by atoms with E-state index < -0.39 is 0 Å². The van der Waals surface area contributed by atoms with Crippen LogP contribution in [-0.2, 0) is 0 Å². The molecule has 1 saturated carbocycles. The zero-order valence-electron chi connectivity index (χ0n) is 18.7. The van der Waals surface area contributed by atoms with E-state index in [1.165, 1.54) is 10.9 Å². The SMILES string of the molecule is Cc1cccc(Oc2cnn(-c3ccccc3)c(=O)c2Nc2cccc(C(=O)NC3CC3)c2)c1. The second-order valence-corrected chi connectivity index (χ2v) is 8.31. The highest BCUT2D eigenvalue weighted by atomic mass is 16.5. The van der Waals surface area contributed by atoms with E-state index >= 15 is 0 Å². The van der Waals surface area contributed by atoms with Crippen LogP contribution < -0.4 is 20.9 Å². The Bertz CT molecular complexity index is 1390. The van der Waals surface area contributed by atoms with Crippen LogP contribution in [-0.4, -0.2) is 21.7 Å². The Hall–Kier alpha value is -4.39. The van der Waals surface area contributed by atoms with Crippen molar-refractivity contribution in [1.29, 1.82) is 0 Å². The number of aromatic nitrogens is 2. The van der Waals surface area contributed by atoms with Gasteiger partial charge in [-0.05, 0) is 67.8 Å². The molecule has 0 bridgehead atoms. The third-order valence-electron chi connectivity index (χ3n) is 5.47. The molecule has 1 aromatic heterocycles. The maximum Gasteiger partial charge on any atom is 0.299 e. The van der Waals surface area contributed by atoms with E-state index in [2.05, 4.69) is 15.7 Å². The van der Waals surface area contributed by atoms with Gasteiger partial charge in [0.1, 0.15) is 5.75 Å². The van der Waals surface area contributed by atoms with E-state index in [-0.39, 0.29) is 28.9 Å². The van der Waals surface area contributed by atoms with Crippen molar-refractivity contribution in [2.24, 2.45) is 0 Å². The number of para-hydroxylation sites is 1. The van der Waals surface area contributed by atoms with Crippen molar-refractivity contribution in [3.63, 3.8) is 0 Å². The molecule has 0 spiro atoms. The predicted molar refractivity (Wildman–Crippen MR) is 131 cm³/mol. The molecule has 2 N–H and O–H groups in total. The van der Waals surface area contributed by atoms with Crippen molar-refractivity contribution in [2.45, 2.75) is 25.8 Å². The molecule has 3 aromatic carbocycles. The number of carbonyl (C=O) groups excluding carboxylic acids is 1. The highest BCUT2D eigenvalue weighted by Crippen LogP contribution is 2.29. The number of hydrogen-bond donors (Lipinski definition) is 2. The van der Waals surface area contributed by atoms with Gasteiger partial charge >= 0.3 is 0 Å². The van der Waals surface area contributed by atoms with Gasteiger partial charge in [0.05, 0.1) is 11.9 Å². The fourth-order valence-electron chi connectivity index (χ4n) is 3.57. The number of rotatable bonds is 7. The molecule has 0 aliphatic heterocycles. The van der Waals surface area contributed by atoms with E-state index in [0.717, 1.165) is 18.4 Å². The maximum atomic E-state index is 13.5. The van der Waals surface area contributed by atoms with Crippen molar-refractivity contribution in [3.05, 3.63) is 107 Å². The lowest BCUT2D eigenvalue weighted by molar-refractivity contribution is 0.0951. The molecular weight excluding hydrogens is 428 g/mol. The summed E-state index contributed by atoms with van der Waals surface area (Å²) in [5, 5.41) is 10.5. The first-order valence-electron chi connectivity index (χ1n) is 11.2. The summed E-state index contributed by atoms with van der Waals surface area (Å²) >= 11 is 0. The predicted octanol–water partition coefficient (Wildman–Crippen LogP) is 4.97. The summed E-state index contributed by atoms with van der Waals surface area (Å²) in [6, 6.07) is 24.1. The van der Waals surface area contributed by atoms with Crippen LogP contribution in [0, 0.1) is 6.92 Å². The topological polar surface area (TPSA) is 85.2 Å². The second kappa shape index (κ2) is 9.23. The van der Waals surface area contributed by atoms with Crippen LogP contribution in [0.5, 0.6) is 11.5 Å². The van der Waals surface area contributed by atoms with E-state index in [1.807, 2.05) is 61.5 Å². The molecule has 170 valence electrons.